The molecular weight excluding hydrogens is 463 g/mol. The zero-order valence-corrected chi connectivity index (χ0v) is 20.0. The summed E-state index contributed by atoms with van der Waals surface area (Å²) in [6.45, 7) is 7.71. The Labute approximate surface area is 187 Å². The molecule has 1 aliphatic rings. The Kier molecular flexibility index (Phi) is 12.2. The van der Waals surface area contributed by atoms with Gasteiger partial charge in [-0.2, -0.15) is 0 Å². The van der Waals surface area contributed by atoms with E-state index in [0.717, 1.165) is 38.6 Å². The van der Waals surface area contributed by atoms with Gasteiger partial charge >= 0.3 is 0 Å². The van der Waals surface area contributed by atoms with Crippen LogP contribution in [0.4, 0.5) is 0 Å². The smallest absolute Gasteiger partial charge is 0.223 e. The van der Waals surface area contributed by atoms with Gasteiger partial charge in [-0.25, -0.2) is 0 Å². The lowest BCUT2D eigenvalue weighted by molar-refractivity contribution is -0.131. The van der Waals surface area contributed by atoms with Crippen LogP contribution in [-0.4, -0.2) is 36.9 Å². The number of nitrogens with zero attached hydrogens (tertiary/aromatic N) is 2. The van der Waals surface area contributed by atoms with Crippen LogP contribution in [-0.2, 0) is 17.9 Å². The Bertz CT molecular complexity index is 595. The van der Waals surface area contributed by atoms with E-state index in [-0.39, 0.29) is 29.9 Å². The number of unbranched alkanes of at least 4 members (excludes halogenated alkanes) is 1. The van der Waals surface area contributed by atoms with Gasteiger partial charge in [-0.05, 0) is 29.9 Å². The number of carbonyl (C=O) groups excluding carboxylic acids is 1. The molecule has 1 heterocycles. The Balaban J connectivity index is 0.00000392. The summed E-state index contributed by atoms with van der Waals surface area (Å²) in [7, 11) is 1.80. The predicted molar refractivity (Wildman–Crippen MR) is 128 cm³/mol. The molecule has 6 heteroatoms. The molecule has 1 amide bonds. The fourth-order valence-electron chi connectivity index (χ4n) is 3.52. The van der Waals surface area contributed by atoms with Crippen LogP contribution in [0.3, 0.4) is 0 Å². The Morgan fingerprint density at radius 1 is 1.14 bits per heavy atom. The summed E-state index contributed by atoms with van der Waals surface area (Å²) in [6, 6.07) is 8.31. The molecule has 2 N–H and O–H groups in total. The zero-order chi connectivity index (χ0) is 19.5. The summed E-state index contributed by atoms with van der Waals surface area (Å²) in [5, 5.41) is 6.76. The molecule has 0 saturated heterocycles. The van der Waals surface area contributed by atoms with Gasteiger partial charge in [-0.15, -0.1) is 24.0 Å². The molecule has 0 aliphatic carbocycles. The van der Waals surface area contributed by atoms with Crippen LogP contribution < -0.4 is 10.6 Å². The molecule has 0 spiro atoms. The van der Waals surface area contributed by atoms with Gasteiger partial charge in [0.15, 0.2) is 5.96 Å². The highest BCUT2D eigenvalue weighted by Gasteiger charge is 2.22. The molecule has 158 valence electrons. The molecular formula is C22H37IN4O. The number of carbonyl (C=O) groups is 1. The third kappa shape index (κ3) is 7.97. The summed E-state index contributed by atoms with van der Waals surface area (Å²) in [5.74, 6) is 1.77. The lowest BCUT2D eigenvalue weighted by atomic mass is 9.99. The molecule has 1 atom stereocenters. The normalized spacial score (nSPS) is 14.2. The first kappa shape index (κ1) is 24.7. The lowest BCUT2D eigenvalue weighted by Gasteiger charge is -2.18. The van der Waals surface area contributed by atoms with E-state index in [9.17, 15) is 4.79 Å². The number of nitrogens with one attached hydrogen (secondary N) is 2. The molecule has 1 aliphatic heterocycles. The van der Waals surface area contributed by atoms with Gasteiger partial charge < -0.3 is 15.5 Å². The zero-order valence-electron chi connectivity index (χ0n) is 17.7. The predicted octanol–water partition coefficient (Wildman–Crippen LogP) is 4.31. The highest BCUT2D eigenvalue weighted by molar-refractivity contribution is 14.0. The molecule has 0 fully saturated rings. The largest absolute Gasteiger partial charge is 0.356 e. The van der Waals surface area contributed by atoms with Crippen molar-refractivity contribution in [3.05, 3.63) is 35.4 Å². The maximum Gasteiger partial charge on any atom is 0.223 e. The molecule has 0 bridgehead atoms. The molecule has 2 rings (SSSR count). The minimum absolute atomic E-state index is 0. The third-order valence-electron chi connectivity index (χ3n) is 5.38. The summed E-state index contributed by atoms with van der Waals surface area (Å²) in [4.78, 5) is 18.7. The lowest BCUT2D eigenvalue weighted by Crippen LogP contribution is -2.40. The number of aliphatic imine (C=N–C) groups is 1. The van der Waals surface area contributed by atoms with Gasteiger partial charge in [0, 0.05) is 39.6 Å². The van der Waals surface area contributed by atoms with E-state index in [1.807, 2.05) is 17.0 Å². The first-order chi connectivity index (χ1) is 13.2. The first-order valence-corrected chi connectivity index (χ1v) is 10.5. The quantitative estimate of drug-likeness (QED) is 0.218. The first-order valence-electron chi connectivity index (χ1n) is 10.5. The number of halogens is 1. The molecule has 0 saturated carbocycles. The number of amides is 1. The molecule has 28 heavy (non-hydrogen) atoms. The second-order valence-electron chi connectivity index (χ2n) is 7.42. The van der Waals surface area contributed by atoms with Gasteiger partial charge in [0.2, 0.25) is 5.91 Å². The van der Waals surface area contributed by atoms with Crippen molar-refractivity contribution in [2.24, 2.45) is 10.9 Å². The number of hydrogen-bond acceptors (Lipinski definition) is 2. The number of guanidine groups is 1. The van der Waals surface area contributed by atoms with E-state index in [4.69, 9.17) is 0 Å². The molecule has 1 aromatic carbocycles. The summed E-state index contributed by atoms with van der Waals surface area (Å²) < 4.78 is 0. The Morgan fingerprint density at radius 3 is 2.39 bits per heavy atom. The van der Waals surface area contributed by atoms with Crippen molar-refractivity contribution < 1.29 is 4.79 Å². The Hall–Kier alpha value is -1.31. The van der Waals surface area contributed by atoms with Gasteiger partial charge in [-0.3, -0.25) is 9.79 Å². The molecule has 1 aromatic rings. The van der Waals surface area contributed by atoms with E-state index >= 15 is 0 Å². The monoisotopic (exact) mass is 500 g/mol. The second-order valence-corrected chi connectivity index (χ2v) is 7.42. The summed E-state index contributed by atoms with van der Waals surface area (Å²) >= 11 is 0. The highest BCUT2D eigenvalue weighted by Crippen LogP contribution is 2.22. The summed E-state index contributed by atoms with van der Waals surface area (Å²) in [5.41, 5.74) is 2.56. The topological polar surface area (TPSA) is 56.7 Å². The second kappa shape index (κ2) is 13.8. The number of fused-ring (bicyclic) bond motifs is 1. The van der Waals surface area contributed by atoms with Gasteiger partial charge in [-0.1, -0.05) is 57.4 Å². The van der Waals surface area contributed by atoms with Crippen LogP contribution in [0.5, 0.6) is 0 Å². The average molecular weight is 500 g/mol. The van der Waals surface area contributed by atoms with E-state index in [2.05, 4.69) is 41.6 Å². The number of hydrogen-bond donors (Lipinski definition) is 2. The molecule has 1 unspecified atom stereocenters. The SMILES string of the molecule is CCCCC(CC)CNC(=NC)NCCCC(=O)N1Cc2ccccc2C1.I. The van der Waals surface area contributed by atoms with Gasteiger partial charge in [0.1, 0.15) is 0 Å². The van der Waals surface area contributed by atoms with Crippen LogP contribution in [0.15, 0.2) is 29.3 Å². The number of rotatable bonds is 10. The maximum absolute atomic E-state index is 12.4. The van der Waals surface area contributed by atoms with Crippen LogP contribution >= 0.6 is 24.0 Å². The molecule has 0 radical (unpaired) electrons. The van der Waals surface area contributed by atoms with Crippen molar-refractivity contribution in [1.29, 1.82) is 0 Å². The summed E-state index contributed by atoms with van der Waals surface area (Å²) in [6.07, 6.45) is 6.39. The van der Waals surface area contributed by atoms with Crippen molar-refractivity contribution >= 4 is 35.8 Å². The van der Waals surface area contributed by atoms with Crippen molar-refractivity contribution in [2.45, 2.75) is 65.5 Å². The van der Waals surface area contributed by atoms with Crippen LogP contribution in [0.2, 0.25) is 0 Å². The molecule has 0 aromatic heterocycles. The minimum Gasteiger partial charge on any atom is -0.356 e. The van der Waals surface area contributed by atoms with Crippen molar-refractivity contribution in [2.75, 3.05) is 20.1 Å². The van der Waals surface area contributed by atoms with E-state index in [1.165, 1.54) is 36.8 Å². The van der Waals surface area contributed by atoms with Gasteiger partial charge in [0.05, 0.1) is 0 Å². The molecule has 5 nitrogen and oxygen atoms in total. The number of benzene rings is 1. The van der Waals surface area contributed by atoms with E-state index < -0.39 is 0 Å². The maximum atomic E-state index is 12.4. The van der Waals surface area contributed by atoms with Crippen molar-refractivity contribution in [1.82, 2.24) is 15.5 Å². The Morgan fingerprint density at radius 2 is 1.82 bits per heavy atom. The van der Waals surface area contributed by atoms with Crippen LogP contribution in [0, 0.1) is 5.92 Å². The van der Waals surface area contributed by atoms with Crippen molar-refractivity contribution in [3.63, 3.8) is 0 Å². The van der Waals surface area contributed by atoms with Gasteiger partial charge in [0.25, 0.3) is 0 Å². The standard InChI is InChI=1S/C22H36N4O.HI/c1-4-6-10-18(5-2)15-25-22(23-3)24-14-9-13-21(27)26-16-19-11-7-8-12-20(19)17-26;/h7-8,11-12,18H,4-6,9-10,13-17H2,1-3H3,(H2,23,24,25);1H. The average Bonchev–Trinajstić information content (AvgIpc) is 3.13. The fourth-order valence-corrected chi connectivity index (χ4v) is 3.52. The third-order valence-corrected chi connectivity index (χ3v) is 5.38. The van der Waals surface area contributed by atoms with E-state index in [0.29, 0.717) is 12.3 Å². The van der Waals surface area contributed by atoms with Crippen LogP contribution in [0.1, 0.15) is 63.5 Å². The van der Waals surface area contributed by atoms with Crippen LogP contribution in [0.25, 0.3) is 0 Å². The minimum atomic E-state index is 0. The fraction of sp³-hybridized carbons (Fsp3) is 0.636. The van der Waals surface area contributed by atoms with Crippen molar-refractivity contribution in [3.8, 4) is 0 Å². The highest BCUT2D eigenvalue weighted by atomic mass is 127. The van der Waals surface area contributed by atoms with E-state index in [1.54, 1.807) is 7.05 Å².